The van der Waals surface area contributed by atoms with Crippen LogP contribution < -0.4 is 10.1 Å². The summed E-state index contributed by atoms with van der Waals surface area (Å²) < 4.78 is 7.72. The predicted octanol–water partition coefficient (Wildman–Crippen LogP) is 7.30. The van der Waals surface area contributed by atoms with Crippen LogP contribution in [0, 0.1) is 0 Å². The van der Waals surface area contributed by atoms with Gasteiger partial charge in [0.25, 0.3) is 0 Å². The zero-order chi connectivity index (χ0) is 25.2. The molecule has 4 aromatic rings. The van der Waals surface area contributed by atoms with E-state index in [4.69, 9.17) is 4.74 Å². The Kier molecular flexibility index (Phi) is 9.00. The number of amides is 1. The molecular weight excluding hydrogens is 466 g/mol. The quantitative estimate of drug-likeness (QED) is 0.174. The van der Waals surface area contributed by atoms with Gasteiger partial charge >= 0.3 is 0 Å². The number of anilines is 1. The van der Waals surface area contributed by atoms with E-state index in [0.29, 0.717) is 6.61 Å². The third kappa shape index (κ3) is 7.12. The van der Waals surface area contributed by atoms with Crippen molar-refractivity contribution >= 4 is 29.4 Å². The molecule has 0 radical (unpaired) electrons. The summed E-state index contributed by atoms with van der Waals surface area (Å²) in [6.45, 7) is 5.78. The standard InChI is InChI=1S/C30H31N3O2S/c1-3-18-33-22-31-20-27(33)21-36-29-15-11-26(12-16-29)32-30(34)17-8-23-6-5-7-25(19-23)24-9-13-28(14-10-24)35-4-2/h5-17,19-20,22H,3-4,18,21H2,1-2H3,(H,32,34)/b17-8+. The highest BCUT2D eigenvalue weighted by Crippen LogP contribution is 2.25. The molecule has 0 aliphatic heterocycles. The second-order valence-corrected chi connectivity index (χ2v) is 9.35. The molecule has 0 saturated heterocycles. The molecule has 0 saturated carbocycles. The number of rotatable bonds is 11. The van der Waals surface area contributed by atoms with E-state index in [0.717, 1.165) is 51.7 Å². The molecule has 1 aromatic heterocycles. The van der Waals surface area contributed by atoms with Crippen LogP contribution in [0.5, 0.6) is 5.75 Å². The van der Waals surface area contributed by atoms with Crippen molar-refractivity contribution < 1.29 is 9.53 Å². The lowest BCUT2D eigenvalue weighted by atomic mass is 10.0. The van der Waals surface area contributed by atoms with Crippen LogP contribution in [0.3, 0.4) is 0 Å². The second kappa shape index (κ2) is 12.8. The molecule has 1 heterocycles. The average Bonchev–Trinajstić information content (AvgIpc) is 3.35. The Balaban J connectivity index is 1.31. The first kappa shape index (κ1) is 25.3. The third-order valence-corrected chi connectivity index (χ3v) is 6.63. The van der Waals surface area contributed by atoms with Gasteiger partial charge in [-0.2, -0.15) is 0 Å². The van der Waals surface area contributed by atoms with E-state index < -0.39 is 0 Å². The van der Waals surface area contributed by atoms with Crippen molar-refractivity contribution in [3.8, 4) is 16.9 Å². The Bertz CT molecular complexity index is 1290. The highest BCUT2D eigenvalue weighted by molar-refractivity contribution is 7.98. The van der Waals surface area contributed by atoms with Crippen molar-refractivity contribution in [3.63, 3.8) is 0 Å². The van der Waals surface area contributed by atoms with Crippen molar-refractivity contribution in [1.82, 2.24) is 9.55 Å². The second-order valence-electron chi connectivity index (χ2n) is 8.30. The van der Waals surface area contributed by atoms with Crippen LogP contribution in [0.15, 0.2) is 96.3 Å². The number of hydrogen-bond donors (Lipinski definition) is 1. The van der Waals surface area contributed by atoms with Gasteiger partial charge in [0.2, 0.25) is 5.91 Å². The van der Waals surface area contributed by atoms with Crippen LogP contribution in [0.1, 0.15) is 31.5 Å². The van der Waals surface area contributed by atoms with Gasteiger partial charge in [-0.1, -0.05) is 37.3 Å². The number of aryl methyl sites for hydroxylation is 1. The first-order valence-corrected chi connectivity index (χ1v) is 13.2. The maximum absolute atomic E-state index is 12.5. The smallest absolute Gasteiger partial charge is 0.248 e. The normalized spacial score (nSPS) is 11.1. The van der Waals surface area contributed by atoms with E-state index in [-0.39, 0.29) is 5.91 Å². The number of aromatic nitrogens is 2. The van der Waals surface area contributed by atoms with Gasteiger partial charge in [0, 0.05) is 40.8 Å². The van der Waals surface area contributed by atoms with Crippen molar-refractivity contribution in [1.29, 1.82) is 0 Å². The van der Waals surface area contributed by atoms with E-state index in [1.807, 2.05) is 86.2 Å². The Morgan fingerprint density at radius 2 is 1.83 bits per heavy atom. The van der Waals surface area contributed by atoms with E-state index in [2.05, 4.69) is 33.9 Å². The van der Waals surface area contributed by atoms with Gasteiger partial charge in [0.05, 0.1) is 12.9 Å². The topological polar surface area (TPSA) is 56.2 Å². The molecule has 5 nitrogen and oxygen atoms in total. The summed E-state index contributed by atoms with van der Waals surface area (Å²) in [7, 11) is 0. The number of benzene rings is 3. The van der Waals surface area contributed by atoms with Crippen molar-refractivity contribution in [3.05, 3.63) is 103 Å². The number of ether oxygens (including phenoxy) is 1. The molecule has 3 aromatic carbocycles. The van der Waals surface area contributed by atoms with Crippen LogP contribution >= 0.6 is 11.8 Å². The Hall–Kier alpha value is -3.77. The summed E-state index contributed by atoms with van der Waals surface area (Å²) in [6, 6.07) is 24.1. The first-order valence-electron chi connectivity index (χ1n) is 12.2. The number of hydrogen-bond acceptors (Lipinski definition) is 4. The van der Waals surface area contributed by atoms with Gasteiger partial charge in [-0.25, -0.2) is 4.98 Å². The van der Waals surface area contributed by atoms with E-state index in [1.165, 1.54) is 5.69 Å². The fourth-order valence-corrected chi connectivity index (χ4v) is 4.67. The number of nitrogens with one attached hydrogen (secondary N) is 1. The van der Waals surface area contributed by atoms with Gasteiger partial charge in [-0.15, -0.1) is 11.8 Å². The zero-order valence-corrected chi connectivity index (χ0v) is 21.5. The molecule has 0 unspecified atom stereocenters. The number of carbonyl (C=O) groups is 1. The largest absolute Gasteiger partial charge is 0.494 e. The molecule has 1 N–H and O–H groups in total. The lowest BCUT2D eigenvalue weighted by Crippen LogP contribution is -2.07. The van der Waals surface area contributed by atoms with Gasteiger partial charge in [0.1, 0.15) is 5.75 Å². The molecule has 0 fully saturated rings. The van der Waals surface area contributed by atoms with Crippen molar-refractivity contribution in [2.45, 2.75) is 37.5 Å². The average molecular weight is 498 g/mol. The molecule has 4 rings (SSSR count). The SMILES string of the molecule is CCCn1cncc1CSc1ccc(NC(=O)/C=C/c2cccc(-c3ccc(OCC)cc3)c2)cc1. The molecule has 36 heavy (non-hydrogen) atoms. The first-order chi connectivity index (χ1) is 17.6. The summed E-state index contributed by atoms with van der Waals surface area (Å²) >= 11 is 1.76. The number of carbonyl (C=O) groups excluding carboxylic acids is 1. The fourth-order valence-electron chi connectivity index (χ4n) is 3.79. The Labute approximate surface area is 217 Å². The van der Waals surface area contributed by atoms with Crippen LogP contribution in [-0.4, -0.2) is 22.1 Å². The molecule has 0 spiro atoms. The monoisotopic (exact) mass is 497 g/mol. The van der Waals surface area contributed by atoms with Crippen LogP contribution in [0.2, 0.25) is 0 Å². The minimum atomic E-state index is -0.162. The molecule has 184 valence electrons. The maximum atomic E-state index is 12.5. The van der Waals surface area contributed by atoms with E-state index in [1.54, 1.807) is 17.8 Å². The van der Waals surface area contributed by atoms with Crippen LogP contribution in [-0.2, 0) is 17.1 Å². The molecule has 0 bridgehead atoms. The van der Waals surface area contributed by atoms with Gasteiger partial charge < -0.3 is 14.6 Å². The minimum Gasteiger partial charge on any atom is -0.494 e. The summed E-state index contributed by atoms with van der Waals surface area (Å²) in [5.41, 5.74) is 5.15. The minimum absolute atomic E-state index is 0.162. The van der Waals surface area contributed by atoms with Crippen LogP contribution in [0.25, 0.3) is 17.2 Å². The molecule has 0 aliphatic rings. The lowest BCUT2D eigenvalue weighted by Gasteiger charge is -2.07. The third-order valence-electron chi connectivity index (χ3n) is 5.58. The van der Waals surface area contributed by atoms with Crippen molar-refractivity contribution in [2.75, 3.05) is 11.9 Å². The molecule has 6 heteroatoms. The molecular formula is C30H31N3O2S. The Morgan fingerprint density at radius 1 is 1.03 bits per heavy atom. The molecule has 0 atom stereocenters. The highest BCUT2D eigenvalue weighted by Gasteiger charge is 2.04. The number of thioether (sulfide) groups is 1. The maximum Gasteiger partial charge on any atom is 0.248 e. The van der Waals surface area contributed by atoms with Gasteiger partial charge in [-0.05, 0) is 78.6 Å². The highest BCUT2D eigenvalue weighted by atomic mass is 32.2. The summed E-state index contributed by atoms with van der Waals surface area (Å²) in [5, 5.41) is 2.94. The van der Waals surface area contributed by atoms with Crippen molar-refractivity contribution in [2.24, 2.45) is 0 Å². The van der Waals surface area contributed by atoms with Crippen LogP contribution in [0.4, 0.5) is 5.69 Å². The lowest BCUT2D eigenvalue weighted by molar-refractivity contribution is -0.111. The number of imidazole rings is 1. The summed E-state index contributed by atoms with van der Waals surface area (Å²) in [6.07, 6.45) is 8.30. The molecule has 1 amide bonds. The van der Waals surface area contributed by atoms with Gasteiger partial charge in [0.15, 0.2) is 0 Å². The van der Waals surface area contributed by atoms with Gasteiger partial charge in [-0.3, -0.25) is 4.79 Å². The zero-order valence-electron chi connectivity index (χ0n) is 20.7. The molecule has 0 aliphatic carbocycles. The predicted molar refractivity (Wildman–Crippen MR) is 149 cm³/mol. The van der Waals surface area contributed by atoms with E-state index in [9.17, 15) is 4.79 Å². The number of nitrogens with zero attached hydrogens (tertiary/aromatic N) is 2. The fraction of sp³-hybridized carbons (Fsp3) is 0.200. The van der Waals surface area contributed by atoms with E-state index >= 15 is 0 Å². The summed E-state index contributed by atoms with van der Waals surface area (Å²) in [4.78, 5) is 17.9. The Morgan fingerprint density at radius 3 is 2.58 bits per heavy atom. The summed E-state index contributed by atoms with van der Waals surface area (Å²) in [5.74, 6) is 1.56.